The van der Waals surface area contributed by atoms with Crippen molar-refractivity contribution in [2.75, 3.05) is 6.61 Å². The van der Waals surface area contributed by atoms with E-state index in [4.69, 9.17) is 10.2 Å². The summed E-state index contributed by atoms with van der Waals surface area (Å²) in [5.74, 6) is -0.682. The van der Waals surface area contributed by atoms with Gasteiger partial charge in [-0.1, -0.05) is 26.2 Å². The molecule has 2 atom stereocenters. The lowest BCUT2D eigenvalue weighted by Gasteiger charge is -2.11. The molecule has 0 spiro atoms. The van der Waals surface area contributed by atoms with Crippen molar-refractivity contribution in [3.05, 3.63) is 0 Å². The molecule has 0 saturated heterocycles. The number of unbranched alkanes of at least 4 members (excludes halogenated alkanes) is 2. The molecular weight excluding hydrogens is 172 g/mol. The smallest absolute Gasteiger partial charge is 0.191 e. The minimum absolute atomic E-state index is 0.365. The third-order valence-corrected chi connectivity index (χ3v) is 1.91. The topological polar surface area (TPSA) is 77.8 Å². The van der Waals surface area contributed by atoms with Gasteiger partial charge < -0.3 is 15.3 Å². The SMILES string of the molecule is CCCCCC(O)C(=O)C(O)CO. The highest BCUT2D eigenvalue weighted by Gasteiger charge is 2.21. The lowest BCUT2D eigenvalue weighted by Crippen LogP contribution is -2.34. The first-order chi connectivity index (χ1) is 6.13. The van der Waals surface area contributed by atoms with Gasteiger partial charge in [-0.2, -0.15) is 0 Å². The van der Waals surface area contributed by atoms with Gasteiger partial charge in [0.25, 0.3) is 0 Å². The quantitative estimate of drug-likeness (QED) is 0.488. The Bertz CT molecular complexity index is 147. The lowest BCUT2D eigenvalue weighted by atomic mass is 10.0. The van der Waals surface area contributed by atoms with Gasteiger partial charge in [-0.3, -0.25) is 4.79 Å². The summed E-state index contributed by atoms with van der Waals surface area (Å²) < 4.78 is 0. The van der Waals surface area contributed by atoms with Crippen molar-refractivity contribution in [3.8, 4) is 0 Å². The van der Waals surface area contributed by atoms with Crippen LogP contribution in [0.1, 0.15) is 32.6 Å². The minimum Gasteiger partial charge on any atom is -0.393 e. The highest BCUT2D eigenvalue weighted by molar-refractivity contribution is 5.86. The summed E-state index contributed by atoms with van der Waals surface area (Å²) in [7, 11) is 0. The van der Waals surface area contributed by atoms with Gasteiger partial charge in [0.05, 0.1) is 6.61 Å². The normalized spacial score (nSPS) is 15.4. The molecule has 0 amide bonds. The van der Waals surface area contributed by atoms with Crippen molar-refractivity contribution in [1.29, 1.82) is 0 Å². The highest BCUT2D eigenvalue weighted by Crippen LogP contribution is 2.05. The van der Waals surface area contributed by atoms with Gasteiger partial charge in [-0.25, -0.2) is 0 Å². The summed E-state index contributed by atoms with van der Waals surface area (Å²) in [5.41, 5.74) is 0. The molecule has 0 bridgehead atoms. The van der Waals surface area contributed by atoms with Crippen LogP contribution in [0.4, 0.5) is 0 Å². The van der Waals surface area contributed by atoms with Crippen LogP contribution in [0.3, 0.4) is 0 Å². The van der Waals surface area contributed by atoms with E-state index in [9.17, 15) is 9.90 Å². The minimum atomic E-state index is -1.43. The molecule has 4 heteroatoms. The Labute approximate surface area is 78.2 Å². The van der Waals surface area contributed by atoms with Crippen molar-refractivity contribution in [2.45, 2.75) is 44.8 Å². The zero-order valence-electron chi connectivity index (χ0n) is 7.94. The van der Waals surface area contributed by atoms with E-state index in [1.165, 1.54) is 0 Å². The number of Topliss-reactive ketones (excluding diaryl/α,β-unsaturated/α-hetero) is 1. The van der Waals surface area contributed by atoms with Crippen LogP contribution in [-0.2, 0) is 4.79 Å². The largest absolute Gasteiger partial charge is 0.393 e. The molecule has 0 aliphatic heterocycles. The van der Waals surface area contributed by atoms with Crippen LogP contribution in [0.15, 0.2) is 0 Å². The molecule has 4 nitrogen and oxygen atoms in total. The molecule has 0 aromatic rings. The summed E-state index contributed by atoms with van der Waals surface area (Å²) in [4.78, 5) is 11.0. The van der Waals surface area contributed by atoms with Crippen LogP contribution in [-0.4, -0.2) is 39.9 Å². The number of hydrogen-bond donors (Lipinski definition) is 3. The van der Waals surface area contributed by atoms with Gasteiger partial charge in [-0.15, -0.1) is 0 Å². The highest BCUT2D eigenvalue weighted by atomic mass is 16.3. The van der Waals surface area contributed by atoms with E-state index in [1.807, 2.05) is 6.92 Å². The first-order valence-corrected chi connectivity index (χ1v) is 4.64. The molecular formula is C9H18O4. The van der Waals surface area contributed by atoms with Crippen molar-refractivity contribution >= 4 is 5.78 Å². The second-order valence-electron chi connectivity index (χ2n) is 3.11. The molecule has 0 aromatic heterocycles. The third-order valence-electron chi connectivity index (χ3n) is 1.91. The summed E-state index contributed by atoms with van der Waals surface area (Å²) >= 11 is 0. The van der Waals surface area contributed by atoms with E-state index in [2.05, 4.69) is 0 Å². The van der Waals surface area contributed by atoms with Gasteiger partial charge in [0.1, 0.15) is 12.2 Å². The monoisotopic (exact) mass is 190 g/mol. The second kappa shape index (κ2) is 7.00. The van der Waals surface area contributed by atoms with Crippen LogP contribution in [0.25, 0.3) is 0 Å². The standard InChI is InChI=1S/C9H18O4/c1-2-3-4-5-7(11)9(13)8(12)6-10/h7-8,10-12H,2-6H2,1H3. The number of hydrogen-bond acceptors (Lipinski definition) is 4. The molecule has 2 unspecified atom stereocenters. The molecule has 0 aliphatic rings. The summed E-state index contributed by atoms with van der Waals surface area (Å²) in [6, 6.07) is 0. The third kappa shape index (κ3) is 4.98. The Balaban J connectivity index is 3.69. The van der Waals surface area contributed by atoms with E-state index in [0.717, 1.165) is 19.3 Å². The first-order valence-electron chi connectivity index (χ1n) is 4.64. The Morgan fingerprint density at radius 2 is 1.85 bits per heavy atom. The van der Waals surface area contributed by atoms with Gasteiger partial charge in [0, 0.05) is 0 Å². The number of aliphatic hydroxyl groups excluding tert-OH is 3. The van der Waals surface area contributed by atoms with Crippen LogP contribution >= 0.6 is 0 Å². The number of rotatable bonds is 7. The van der Waals surface area contributed by atoms with Crippen LogP contribution in [0.5, 0.6) is 0 Å². The average molecular weight is 190 g/mol. The van der Waals surface area contributed by atoms with E-state index < -0.39 is 24.6 Å². The molecule has 0 heterocycles. The number of carbonyl (C=O) groups is 1. The number of ketones is 1. The van der Waals surface area contributed by atoms with E-state index in [0.29, 0.717) is 6.42 Å². The second-order valence-corrected chi connectivity index (χ2v) is 3.11. The zero-order chi connectivity index (χ0) is 10.3. The Hall–Kier alpha value is -0.450. The van der Waals surface area contributed by atoms with Crippen molar-refractivity contribution < 1.29 is 20.1 Å². The maximum absolute atomic E-state index is 11.0. The van der Waals surface area contributed by atoms with Gasteiger partial charge in [0.2, 0.25) is 0 Å². The number of carbonyl (C=O) groups excluding carboxylic acids is 1. The summed E-state index contributed by atoms with van der Waals surface area (Å²) in [6.07, 6.45) is 0.541. The fourth-order valence-corrected chi connectivity index (χ4v) is 1.04. The van der Waals surface area contributed by atoms with Gasteiger partial charge in [0.15, 0.2) is 5.78 Å². The molecule has 0 rings (SSSR count). The molecule has 3 N–H and O–H groups in total. The molecule has 0 aromatic carbocycles. The maximum atomic E-state index is 11.0. The fourth-order valence-electron chi connectivity index (χ4n) is 1.04. The number of aliphatic hydroxyl groups is 3. The van der Waals surface area contributed by atoms with Crippen molar-refractivity contribution in [3.63, 3.8) is 0 Å². The average Bonchev–Trinajstić information content (AvgIpc) is 2.15. The van der Waals surface area contributed by atoms with Crippen molar-refractivity contribution in [1.82, 2.24) is 0 Å². The van der Waals surface area contributed by atoms with Gasteiger partial charge >= 0.3 is 0 Å². The van der Waals surface area contributed by atoms with Gasteiger partial charge in [-0.05, 0) is 6.42 Å². The predicted molar refractivity (Wildman–Crippen MR) is 48.2 cm³/mol. The fraction of sp³-hybridized carbons (Fsp3) is 0.889. The Morgan fingerprint density at radius 1 is 1.23 bits per heavy atom. The molecule has 0 radical (unpaired) electrons. The first kappa shape index (κ1) is 12.6. The molecule has 0 fully saturated rings. The molecule has 78 valence electrons. The molecule has 0 saturated carbocycles. The summed E-state index contributed by atoms with van der Waals surface area (Å²) in [5, 5.41) is 26.6. The van der Waals surface area contributed by atoms with Crippen LogP contribution in [0.2, 0.25) is 0 Å². The van der Waals surface area contributed by atoms with Crippen LogP contribution < -0.4 is 0 Å². The van der Waals surface area contributed by atoms with E-state index >= 15 is 0 Å². The van der Waals surface area contributed by atoms with E-state index in [-0.39, 0.29) is 0 Å². The Kier molecular flexibility index (Phi) is 6.76. The van der Waals surface area contributed by atoms with E-state index in [1.54, 1.807) is 0 Å². The maximum Gasteiger partial charge on any atom is 0.191 e. The van der Waals surface area contributed by atoms with Crippen molar-refractivity contribution in [2.24, 2.45) is 0 Å². The zero-order valence-corrected chi connectivity index (χ0v) is 7.94. The molecule has 13 heavy (non-hydrogen) atoms. The Morgan fingerprint density at radius 3 is 2.31 bits per heavy atom. The predicted octanol–water partition coefficient (Wildman–Crippen LogP) is -0.150. The lowest BCUT2D eigenvalue weighted by molar-refractivity contribution is -0.137. The molecule has 0 aliphatic carbocycles. The van der Waals surface area contributed by atoms with Crippen LogP contribution in [0, 0.1) is 0 Å². The summed E-state index contributed by atoms with van der Waals surface area (Å²) in [6.45, 7) is 1.40.